The van der Waals surface area contributed by atoms with Crippen LogP contribution in [0.5, 0.6) is 11.5 Å². The summed E-state index contributed by atoms with van der Waals surface area (Å²) < 4.78 is 11.1. The number of rotatable bonds is 4. The highest BCUT2D eigenvalue weighted by Crippen LogP contribution is 2.33. The maximum Gasteiger partial charge on any atom is 0.227 e. The number of hydrogen-bond acceptors (Lipinski definition) is 6. The van der Waals surface area contributed by atoms with Crippen LogP contribution in [0.2, 0.25) is 0 Å². The molecule has 0 bridgehead atoms. The quantitative estimate of drug-likeness (QED) is 0.672. The Morgan fingerprint density at radius 1 is 0.969 bits per heavy atom. The van der Waals surface area contributed by atoms with Gasteiger partial charge in [-0.25, -0.2) is 0 Å². The molecule has 0 unspecified atom stereocenters. The smallest absolute Gasteiger partial charge is 0.227 e. The molecular weight excluding hydrogens is 404 g/mol. The number of amides is 1. The van der Waals surface area contributed by atoms with Gasteiger partial charge in [0.25, 0.3) is 0 Å². The van der Waals surface area contributed by atoms with Gasteiger partial charge in [0.15, 0.2) is 17.3 Å². The van der Waals surface area contributed by atoms with Crippen molar-refractivity contribution in [2.75, 3.05) is 36.5 Å². The lowest BCUT2D eigenvalue weighted by Gasteiger charge is -2.32. The predicted molar refractivity (Wildman–Crippen MR) is 123 cm³/mol. The third kappa shape index (κ3) is 4.23. The molecule has 0 saturated carbocycles. The van der Waals surface area contributed by atoms with Crippen LogP contribution in [0.15, 0.2) is 54.6 Å². The van der Waals surface area contributed by atoms with Gasteiger partial charge in [-0.05, 0) is 49.6 Å². The second-order valence-corrected chi connectivity index (χ2v) is 8.20. The second kappa shape index (κ2) is 8.86. The molecule has 2 aliphatic rings. The molecule has 32 heavy (non-hydrogen) atoms. The van der Waals surface area contributed by atoms with Crippen molar-refractivity contribution >= 4 is 17.4 Å². The Hall–Kier alpha value is -3.61. The van der Waals surface area contributed by atoms with E-state index in [9.17, 15) is 4.79 Å². The van der Waals surface area contributed by atoms with Crippen LogP contribution in [0.3, 0.4) is 0 Å². The Labute approximate surface area is 187 Å². The molecule has 1 fully saturated rings. The van der Waals surface area contributed by atoms with Crippen molar-refractivity contribution in [2.24, 2.45) is 5.92 Å². The zero-order valence-electron chi connectivity index (χ0n) is 18.1. The van der Waals surface area contributed by atoms with Crippen molar-refractivity contribution < 1.29 is 14.3 Å². The number of aryl methyl sites for hydroxylation is 1. The average molecular weight is 431 g/mol. The zero-order valence-corrected chi connectivity index (χ0v) is 18.1. The first-order chi connectivity index (χ1) is 15.7. The summed E-state index contributed by atoms with van der Waals surface area (Å²) in [6.45, 7) is 4.70. The highest BCUT2D eigenvalue weighted by Gasteiger charge is 2.26. The number of hydrogen-bond donors (Lipinski definition) is 1. The van der Waals surface area contributed by atoms with Crippen molar-refractivity contribution in [3.8, 4) is 22.8 Å². The molecule has 2 aromatic carbocycles. The topological polar surface area (TPSA) is 76.6 Å². The molecule has 7 heteroatoms. The van der Waals surface area contributed by atoms with E-state index in [-0.39, 0.29) is 11.8 Å². The molecule has 5 rings (SSSR count). The first-order valence-electron chi connectivity index (χ1n) is 11.0. The van der Waals surface area contributed by atoms with E-state index in [2.05, 4.69) is 39.5 Å². The Bertz CT molecular complexity index is 1110. The van der Waals surface area contributed by atoms with E-state index in [0.717, 1.165) is 54.4 Å². The van der Waals surface area contributed by atoms with Gasteiger partial charge in [0.1, 0.15) is 13.2 Å². The number of nitrogens with one attached hydrogen (secondary N) is 1. The molecule has 164 valence electrons. The summed E-state index contributed by atoms with van der Waals surface area (Å²) in [5, 5.41) is 11.9. The molecule has 3 heterocycles. The average Bonchev–Trinajstić information content (AvgIpc) is 2.84. The van der Waals surface area contributed by atoms with Gasteiger partial charge in [-0.1, -0.05) is 24.3 Å². The van der Waals surface area contributed by atoms with Gasteiger partial charge in [-0.2, -0.15) is 0 Å². The molecule has 1 saturated heterocycles. The number of benzene rings is 2. The Morgan fingerprint density at radius 3 is 2.50 bits per heavy atom. The summed E-state index contributed by atoms with van der Waals surface area (Å²) in [4.78, 5) is 15.0. The second-order valence-electron chi connectivity index (χ2n) is 8.20. The highest BCUT2D eigenvalue weighted by atomic mass is 16.6. The normalized spacial score (nSPS) is 16.0. The standard InChI is InChI=1S/C25H26N4O3/c1-17-4-2-3-5-20(17)21-7-9-24(28-27-21)29-12-10-18(11-13-29)25(30)26-19-6-8-22-23(16-19)32-15-14-31-22/h2-9,16,18H,10-15H2,1H3,(H,26,30). The third-order valence-electron chi connectivity index (χ3n) is 6.07. The lowest BCUT2D eigenvalue weighted by molar-refractivity contribution is -0.120. The largest absolute Gasteiger partial charge is 0.486 e. The van der Waals surface area contributed by atoms with Crippen molar-refractivity contribution in [1.29, 1.82) is 0 Å². The summed E-state index contributed by atoms with van der Waals surface area (Å²) in [5.41, 5.74) is 3.89. The van der Waals surface area contributed by atoms with Gasteiger partial charge < -0.3 is 19.7 Å². The molecule has 2 aliphatic heterocycles. The maximum atomic E-state index is 12.8. The summed E-state index contributed by atoms with van der Waals surface area (Å²) >= 11 is 0. The van der Waals surface area contributed by atoms with Crippen LogP contribution < -0.4 is 19.7 Å². The van der Waals surface area contributed by atoms with Gasteiger partial charge in [-0.3, -0.25) is 4.79 Å². The van der Waals surface area contributed by atoms with Crippen LogP contribution in [0, 0.1) is 12.8 Å². The number of fused-ring (bicyclic) bond motifs is 1. The summed E-state index contributed by atoms with van der Waals surface area (Å²) in [6, 6.07) is 17.7. The highest BCUT2D eigenvalue weighted by molar-refractivity contribution is 5.93. The number of anilines is 2. The molecule has 0 aliphatic carbocycles. The zero-order chi connectivity index (χ0) is 21.9. The summed E-state index contributed by atoms with van der Waals surface area (Å²) in [5.74, 6) is 2.27. The number of carbonyl (C=O) groups is 1. The van der Waals surface area contributed by atoms with Crippen LogP contribution >= 0.6 is 0 Å². The van der Waals surface area contributed by atoms with Gasteiger partial charge in [-0.15, -0.1) is 10.2 Å². The fraction of sp³-hybridized carbons (Fsp3) is 0.320. The van der Waals surface area contributed by atoms with Gasteiger partial charge in [0, 0.05) is 36.3 Å². The first-order valence-corrected chi connectivity index (χ1v) is 11.0. The first kappa shape index (κ1) is 20.3. The van der Waals surface area contributed by atoms with E-state index in [0.29, 0.717) is 19.0 Å². The molecular formula is C25H26N4O3. The summed E-state index contributed by atoms with van der Waals surface area (Å²) in [6.07, 6.45) is 1.55. The molecule has 1 aromatic heterocycles. The van der Waals surface area contributed by atoms with Gasteiger partial charge >= 0.3 is 0 Å². The summed E-state index contributed by atoms with van der Waals surface area (Å²) in [7, 11) is 0. The fourth-order valence-electron chi connectivity index (χ4n) is 4.23. The molecule has 7 nitrogen and oxygen atoms in total. The van der Waals surface area contributed by atoms with Crippen molar-refractivity contribution in [3.05, 3.63) is 60.2 Å². The number of carbonyl (C=O) groups excluding carboxylic acids is 1. The monoisotopic (exact) mass is 430 g/mol. The third-order valence-corrected chi connectivity index (χ3v) is 6.07. The molecule has 0 spiro atoms. The Morgan fingerprint density at radius 2 is 1.75 bits per heavy atom. The molecule has 1 amide bonds. The Kier molecular flexibility index (Phi) is 5.62. The maximum absolute atomic E-state index is 12.8. The van der Waals surface area contributed by atoms with Crippen LogP contribution in [-0.2, 0) is 4.79 Å². The van der Waals surface area contributed by atoms with Crippen molar-refractivity contribution in [2.45, 2.75) is 19.8 Å². The number of ether oxygens (including phenoxy) is 2. The van der Waals surface area contributed by atoms with Crippen LogP contribution in [0.25, 0.3) is 11.3 Å². The van der Waals surface area contributed by atoms with E-state index >= 15 is 0 Å². The SMILES string of the molecule is Cc1ccccc1-c1ccc(N2CCC(C(=O)Nc3ccc4c(c3)OCCO4)CC2)nn1. The van der Waals surface area contributed by atoms with Crippen molar-refractivity contribution in [3.63, 3.8) is 0 Å². The van der Waals surface area contributed by atoms with E-state index in [4.69, 9.17) is 9.47 Å². The van der Waals surface area contributed by atoms with E-state index in [1.54, 1.807) is 0 Å². The molecule has 3 aromatic rings. The Balaban J connectivity index is 1.18. The fourth-order valence-corrected chi connectivity index (χ4v) is 4.23. The van der Waals surface area contributed by atoms with Crippen molar-refractivity contribution in [1.82, 2.24) is 10.2 Å². The lowest BCUT2D eigenvalue weighted by atomic mass is 9.95. The predicted octanol–water partition coefficient (Wildman–Crippen LogP) is 4.08. The molecule has 0 atom stereocenters. The molecule has 0 radical (unpaired) electrons. The number of aromatic nitrogens is 2. The van der Waals surface area contributed by atoms with Crippen LogP contribution in [-0.4, -0.2) is 42.4 Å². The number of piperidine rings is 1. The van der Waals surface area contributed by atoms with E-state index in [1.165, 1.54) is 5.56 Å². The minimum absolute atomic E-state index is 0.0290. The van der Waals surface area contributed by atoms with Crippen LogP contribution in [0.1, 0.15) is 18.4 Å². The van der Waals surface area contributed by atoms with E-state index < -0.39 is 0 Å². The minimum Gasteiger partial charge on any atom is -0.486 e. The van der Waals surface area contributed by atoms with E-state index in [1.807, 2.05) is 42.5 Å². The van der Waals surface area contributed by atoms with Crippen LogP contribution in [0.4, 0.5) is 11.5 Å². The van der Waals surface area contributed by atoms with Gasteiger partial charge in [0.2, 0.25) is 5.91 Å². The number of nitrogens with zero attached hydrogens (tertiary/aromatic N) is 3. The molecule has 1 N–H and O–H groups in total. The van der Waals surface area contributed by atoms with Gasteiger partial charge in [0.05, 0.1) is 5.69 Å². The minimum atomic E-state index is -0.0290. The lowest BCUT2D eigenvalue weighted by Crippen LogP contribution is -2.38.